The second-order valence-corrected chi connectivity index (χ2v) is 8.43. The van der Waals surface area contributed by atoms with Gasteiger partial charge in [-0.3, -0.25) is 4.72 Å². The number of aromatic nitrogens is 1. The maximum absolute atomic E-state index is 12.7. The molecule has 3 aromatic rings. The Bertz CT molecular complexity index is 1030. The highest BCUT2D eigenvalue weighted by atomic mass is 32.2. The molecule has 0 radical (unpaired) electrons. The lowest BCUT2D eigenvalue weighted by atomic mass is 10.2. The summed E-state index contributed by atoms with van der Waals surface area (Å²) in [4.78, 5) is 6.88. The van der Waals surface area contributed by atoms with E-state index in [1.165, 1.54) is 5.56 Å². The maximum Gasteiger partial charge on any atom is 0.262 e. The number of anilines is 2. The largest absolute Gasteiger partial charge is 0.353 e. The fourth-order valence-electron chi connectivity index (χ4n) is 3.10. The van der Waals surface area contributed by atoms with Gasteiger partial charge in [-0.05, 0) is 50.1 Å². The quantitative estimate of drug-likeness (QED) is 0.639. The molecule has 0 atom stereocenters. The van der Waals surface area contributed by atoms with Crippen LogP contribution in [0, 0.1) is 13.8 Å². The molecular formula is C22H25N3O2S. The van der Waals surface area contributed by atoms with Crippen molar-refractivity contribution in [1.82, 2.24) is 4.98 Å². The summed E-state index contributed by atoms with van der Waals surface area (Å²) in [6.45, 7) is 7.36. The zero-order valence-corrected chi connectivity index (χ0v) is 17.2. The molecule has 6 heteroatoms. The predicted molar refractivity (Wildman–Crippen MR) is 114 cm³/mol. The molecule has 0 aliphatic heterocycles. The monoisotopic (exact) mass is 395 g/mol. The first kappa shape index (κ1) is 19.9. The number of rotatable bonds is 7. The van der Waals surface area contributed by atoms with E-state index in [-0.39, 0.29) is 4.90 Å². The van der Waals surface area contributed by atoms with E-state index in [1.807, 2.05) is 37.3 Å². The number of benzene rings is 2. The van der Waals surface area contributed by atoms with Crippen LogP contribution in [0.5, 0.6) is 0 Å². The van der Waals surface area contributed by atoms with Crippen LogP contribution >= 0.6 is 0 Å². The van der Waals surface area contributed by atoms with Crippen molar-refractivity contribution in [3.05, 3.63) is 83.6 Å². The topological polar surface area (TPSA) is 62.3 Å². The summed E-state index contributed by atoms with van der Waals surface area (Å²) in [5.74, 6) is 0.806. The minimum Gasteiger partial charge on any atom is -0.353 e. The maximum atomic E-state index is 12.7. The van der Waals surface area contributed by atoms with Crippen LogP contribution in [-0.4, -0.2) is 19.9 Å². The van der Waals surface area contributed by atoms with Crippen LogP contribution in [0.15, 0.2) is 71.8 Å². The Kier molecular flexibility index (Phi) is 5.99. The van der Waals surface area contributed by atoms with Crippen LogP contribution in [0.4, 0.5) is 11.5 Å². The zero-order chi connectivity index (χ0) is 20.1. The first-order valence-electron chi connectivity index (χ1n) is 9.24. The van der Waals surface area contributed by atoms with Crippen LogP contribution in [0.25, 0.3) is 0 Å². The molecule has 0 spiro atoms. The lowest BCUT2D eigenvalue weighted by Crippen LogP contribution is -2.23. The van der Waals surface area contributed by atoms with Crippen molar-refractivity contribution in [3.63, 3.8) is 0 Å². The van der Waals surface area contributed by atoms with Gasteiger partial charge in [-0.25, -0.2) is 13.4 Å². The number of sulfonamides is 1. The highest BCUT2D eigenvalue weighted by Crippen LogP contribution is 2.22. The highest BCUT2D eigenvalue weighted by Gasteiger charge is 2.17. The van der Waals surface area contributed by atoms with Crippen LogP contribution in [0.1, 0.15) is 23.6 Å². The first-order chi connectivity index (χ1) is 13.4. The molecule has 3 rings (SSSR count). The summed E-state index contributed by atoms with van der Waals surface area (Å²) < 4.78 is 28.0. The standard InChI is InChI=1S/C22H25N3O2S/c1-4-25(16-19-8-6-5-7-9-19)22-13-11-20(15-23-22)24-28(26,27)21-12-10-17(2)14-18(21)3/h5-15,24H,4,16H2,1-3H3. The van der Waals surface area contributed by atoms with Crippen molar-refractivity contribution in [3.8, 4) is 0 Å². The van der Waals surface area contributed by atoms with E-state index < -0.39 is 10.0 Å². The van der Waals surface area contributed by atoms with Crippen molar-refractivity contribution < 1.29 is 8.42 Å². The van der Waals surface area contributed by atoms with E-state index in [0.717, 1.165) is 30.0 Å². The number of nitrogens with zero attached hydrogens (tertiary/aromatic N) is 2. The average molecular weight is 396 g/mol. The Labute approximate surface area is 167 Å². The molecule has 0 amide bonds. The van der Waals surface area contributed by atoms with Gasteiger partial charge in [-0.1, -0.05) is 48.0 Å². The molecule has 0 aliphatic carbocycles. The van der Waals surface area contributed by atoms with Gasteiger partial charge >= 0.3 is 0 Å². The third kappa shape index (κ3) is 4.70. The molecule has 146 valence electrons. The second-order valence-electron chi connectivity index (χ2n) is 6.78. The molecule has 0 unspecified atom stereocenters. The van der Waals surface area contributed by atoms with Gasteiger partial charge in [-0.15, -0.1) is 0 Å². The number of hydrogen-bond acceptors (Lipinski definition) is 4. The minimum atomic E-state index is -3.65. The van der Waals surface area contributed by atoms with Crippen LogP contribution in [-0.2, 0) is 16.6 Å². The SMILES string of the molecule is CCN(Cc1ccccc1)c1ccc(NS(=O)(=O)c2ccc(C)cc2C)cn1. The predicted octanol–water partition coefficient (Wildman–Crippen LogP) is 4.53. The lowest BCUT2D eigenvalue weighted by molar-refractivity contribution is 0.600. The molecular weight excluding hydrogens is 370 g/mol. The third-order valence-corrected chi connectivity index (χ3v) is 6.08. The fraction of sp³-hybridized carbons (Fsp3) is 0.227. The van der Waals surface area contributed by atoms with Crippen LogP contribution in [0.3, 0.4) is 0 Å². The third-order valence-electron chi connectivity index (χ3n) is 4.54. The molecule has 0 saturated carbocycles. The van der Waals surface area contributed by atoms with Gasteiger partial charge in [0.1, 0.15) is 5.82 Å². The zero-order valence-electron chi connectivity index (χ0n) is 16.4. The smallest absolute Gasteiger partial charge is 0.262 e. The molecule has 1 heterocycles. The normalized spacial score (nSPS) is 11.2. The van der Waals surface area contributed by atoms with Crippen LogP contribution in [0.2, 0.25) is 0 Å². The Morgan fingerprint density at radius 3 is 2.36 bits per heavy atom. The van der Waals surface area contributed by atoms with Gasteiger partial charge in [0.2, 0.25) is 0 Å². The summed E-state index contributed by atoms with van der Waals surface area (Å²) in [6.07, 6.45) is 1.56. The minimum absolute atomic E-state index is 0.279. The average Bonchev–Trinajstić information content (AvgIpc) is 2.67. The summed E-state index contributed by atoms with van der Waals surface area (Å²) >= 11 is 0. The van der Waals surface area contributed by atoms with Crippen molar-refractivity contribution in [2.75, 3.05) is 16.2 Å². The van der Waals surface area contributed by atoms with Crippen molar-refractivity contribution in [1.29, 1.82) is 0 Å². The molecule has 0 saturated heterocycles. The van der Waals surface area contributed by atoms with Gasteiger partial charge < -0.3 is 4.90 Å². The first-order valence-corrected chi connectivity index (χ1v) is 10.7. The molecule has 0 aliphatic rings. The highest BCUT2D eigenvalue weighted by molar-refractivity contribution is 7.92. The van der Waals surface area contributed by atoms with E-state index in [9.17, 15) is 8.42 Å². The summed E-state index contributed by atoms with van der Waals surface area (Å²) in [6, 6.07) is 19.1. The summed E-state index contributed by atoms with van der Waals surface area (Å²) in [5, 5.41) is 0. The molecule has 5 nitrogen and oxygen atoms in total. The fourth-order valence-corrected chi connectivity index (χ4v) is 4.37. The van der Waals surface area contributed by atoms with E-state index in [2.05, 4.69) is 33.7 Å². The molecule has 2 aromatic carbocycles. The molecule has 0 bridgehead atoms. The van der Waals surface area contributed by atoms with Gasteiger partial charge in [0.15, 0.2) is 0 Å². The van der Waals surface area contributed by atoms with Gasteiger partial charge in [0.25, 0.3) is 10.0 Å². The molecule has 28 heavy (non-hydrogen) atoms. The van der Waals surface area contributed by atoms with E-state index >= 15 is 0 Å². The Morgan fingerprint density at radius 1 is 1.00 bits per heavy atom. The number of pyridine rings is 1. The molecule has 1 aromatic heterocycles. The Hall–Kier alpha value is -2.86. The van der Waals surface area contributed by atoms with Crippen molar-refractivity contribution in [2.45, 2.75) is 32.2 Å². The van der Waals surface area contributed by atoms with Crippen molar-refractivity contribution >= 4 is 21.5 Å². The second kappa shape index (κ2) is 8.44. The van der Waals surface area contributed by atoms with E-state index in [4.69, 9.17) is 0 Å². The summed E-state index contributed by atoms with van der Waals surface area (Å²) in [7, 11) is -3.65. The number of nitrogens with one attached hydrogen (secondary N) is 1. The number of hydrogen-bond donors (Lipinski definition) is 1. The summed E-state index contributed by atoms with van der Waals surface area (Å²) in [5.41, 5.74) is 3.39. The molecule has 1 N–H and O–H groups in total. The Morgan fingerprint density at radius 2 is 1.75 bits per heavy atom. The van der Waals surface area contributed by atoms with Gasteiger partial charge in [0.05, 0.1) is 16.8 Å². The van der Waals surface area contributed by atoms with Gasteiger partial charge in [-0.2, -0.15) is 0 Å². The van der Waals surface area contributed by atoms with E-state index in [1.54, 1.807) is 31.3 Å². The Balaban J connectivity index is 1.76. The lowest BCUT2D eigenvalue weighted by Gasteiger charge is -2.22. The van der Waals surface area contributed by atoms with E-state index in [0.29, 0.717) is 5.69 Å². The van der Waals surface area contributed by atoms with Gasteiger partial charge in [0, 0.05) is 13.1 Å². The molecule has 0 fully saturated rings. The number of aryl methyl sites for hydroxylation is 2. The van der Waals surface area contributed by atoms with Crippen LogP contribution < -0.4 is 9.62 Å². The van der Waals surface area contributed by atoms with Crippen molar-refractivity contribution in [2.24, 2.45) is 0 Å².